The molecule has 1 unspecified atom stereocenters. The predicted molar refractivity (Wildman–Crippen MR) is 130 cm³/mol. The summed E-state index contributed by atoms with van der Waals surface area (Å²) in [6.07, 6.45) is 17.5. The van der Waals surface area contributed by atoms with Crippen LogP contribution in [0.25, 0.3) is 0 Å². The zero-order valence-corrected chi connectivity index (χ0v) is 19.2. The van der Waals surface area contributed by atoms with Crippen LogP contribution in [0.5, 0.6) is 0 Å². The smallest absolute Gasteiger partial charge is 0.140 e. The molecule has 1 heteroatoms. The molecule has 0 N–H and O–H groups in total. The highest BCUT2D eigenvalue weighted by atomic mass is 16.1. The SMILES string of the molecule is CCCCCCCCCCCCCCC(=O)C(Cc1ccccc1)c1ccccc1. The van der Waals surface area contributed by atoms with Gasteiger partial charge in [-0.1, -0.05) is 138 Å². The summed E-state index contributed by atoms with van der Waals surface area (Å²) in [7, 11) is 0. The number of carbonyl (C=O) groups is 1. The number of hydrogen-bond acceptors (Lipinski definition) is 1. The maximum absolute atomic E-state index is 13.0. The second-order valence-electron chi connectivity index (χ2n) is 8.76. The molecule has 30 heavy (non-hydrogen) atoms. The molecule has 0 saturated heterocycles. The van der Waals surface area contributed by atoms with E-state index in [-0.39, 0.29) is 5.92 Å². The summed E-state index contributed by atoms with van der Waals surface area (Å²) in [6, 6.07) is 20.8. The Morgan fingerprint density at radius 2 is 1.10 bits per heavy atom. The van der Waals surface area contributed by atoms with E-state index in [1.54, 1.807) is 0 Å². The largest absolute Gasteiger partial charge is 0.299 e. The van der Waals surface area contributed by atoms with Crippen LogP contribution in [0.3, 0.4) is 0 Å². The third-order valence-electron chi connectivity index (χ3n) is 6.15. The summed E-state index contributed by atoms with van der Waals surface area (Å²) >= 11 is 0. The lowest BCUT2D eigenvalue weighted by Crippen LogP contribution is -2.15. The third kappa shape index (κ3) is 10.2. The Labute approximate surface area is 185 Å². The lowest BCUT2D eigenvalue weighted by Gasteiger charge is -2.17. The van der Waals surface area contributed by atoms with Crippen LogP contribution in [0.4, 0.5) is 0 Å². The lowest BCUT2D eigenvalue weighted by atomic mass is 9.86. The van der Waals surface area contributed by atoms with Crippen molar-refractivity contribution in [3.63, 3.8) is 0 Å². The molecule has 0 heterocycles. The van der Waals surface area contributed by atoms with Crippen LogP contribution in [0.2, 0.25) is 0 Å². The number of carbonyl (C=O) groups excluding carboxylic acids is 1. The number of rotatable bonds is 17. The van der Waals surface area contributed by atoms with Gasteiger partial charge >= 0.3 is 0 Å². The Bertz CT molecular complexity index is 661. The maximum Gasteiger partial charge on any atom is 0.140 e. The fourth-order valence-corrected chi connectivity index (χ4v) is 4.27. The minimum Gasteiger partial charge on any atom is -0.299 e. The molecule has 0 aliphatic heterocycles. The molecule has 0 fully saturated rings. The average Bonchev–Trinajstić information content (AvgIpc) is 2.79. The van der Waals surface area contributed by atoms with E-state index >= 15 is 0 Å². The summed E-state index contributed by atoms with van der Waals surface area (Å²) in [5.74, 6) is 0.387. The van der Waals surface area contributed by atoms with E-state index in [1.165, 1.54) is 76.2 Å². The zero-order valence-electron chi connectivity index (χ0n) is 19.2. The van der Waals surface area contributed by atoms with Crippen molar-refractivity contribution >= 4 is 5.78 Å². The molecule has 2 aromatic rings. The molecule has 0 spiro atoms. The fraction of sp³-hybridized carbons (Fsp3) is 0.552. The van der Waals surface area contributed by atoms with Crippen LogP contribution in [-0.2, 0) is 11.2 Å². The van der Waals surface area contributed by atoms with Crippen LogP contribution in [0.15, 0.2) is 60.7 Å². The first kappa shape index (κ1) is 24.4. The zero-order chi connectivity index (χ0) is 21.3. The van der Waals surface area contributed by atoms with E-state index in [9.17, 15) is 4.79 Å². The summed E-state index contributed by atoms with van der Waals surface area (Å²) in [4.78, 5) is 13.0. The summed E-state index contributed by atoms with van der Waals surface area (Å²) < 4.78 is 0. The maximum atomic E-state index is 13.0. The Morgan fingerprint density at radius 3 is 1.63 bits per heavy atom. The molecule has 2 rings (SSSR count). The van der Waals surface area contributed by atoms with Gasteiger partial charge in [-0.25, -0.2) is 0 Å². The van der Waals surface area contributed by atoms with E-state index in [0.717, 1.165) is 18.4 Å². The van der Waals surface area contributed by atoms with Gasteiger partial charge in [-0.15, -0.1) is 0 Å². The Balaban J connectivity index is 1.63. The van der Waals surface area contributed by atoms with Gasteiger partial charge in [0, 0.05) is 12.3 Å². The number of unbranched alkanes of at least 4 members (excludes halogenated alkanes) is 11. The van der Waals surface area contributed by atoms with Crippen molar-refractivity contribution in [3.05, 3.63) is 71.8 Å². The molecule has 1 nitrogen and oxygen atoms in total. The quantitative estimate of drug-likeness (QED) is 0.240. The van der Waals surface area contributed by atoms with Gasteiger partial charge in [0.25, 0.3) is 0 Å². The van der Waals surface area contributed by atoms with E-state index in [2.05, 4.69) is 43.3 Å². The first-order valence-electron chi connectivity index (χ1n) is 12.4. The Hall–Kier alpha value is -1.89. The Kier molecular flexibility index (Phi) is 12.9. The van der Waals surface area contributed by atoms with Crippen molar-refractivity contribution in [1.29, 1.82) is 0 Å². The second kappa shape index (κ2) is 15.9. The van der Waals surface area contributed by atoms with Gasteiger partial charge in [0.1, 0.15) is 5.78 Å². The summed E-state index contributed by atoms with van der Waals surface area (Å²) in [5, 5.41) is 0. The van der Waals surface area contributed by atoms with Gasteiger partial charge in [0.2, 0.25) is 0 Å². The van der Waals surface area contributed by atoms with Crippen LogP contribution < -0.4 is 0 Å². The van der Waals surface area contributed by atoms with Crippen LogP contribution in [0.1, 0.15) is 107 Å². The molecule has 0 radical (unpaired) electrons. The predicted octanol–water partition coefficient (Wildman–Crippen LogP) is 8.67. The highest BCUT2D eigenvalue weighted by Crippen LogP contribution is 2.24. The van der Waals surface area contributed by atoms with Crippen molar-refractivity contribution in [2.75, 3.05) is 0 Å². The fourth-order valence-electron chi connectivity index (χ4n) is 4.27. The number of ketones is 1. The molecule has 0 bridgehead atoms. The third-order valence-corrected chi connectivity index (χ3v) is 6.15. The van der Waals surface area contributed by atoms with Gasteiger partial charge in [-0.05, 0) is 24.0 Å². The molecule has 0 amide bonds. The molecular formula is C29H42O. The molecule has 0 aliphatic rings. The topological polar surface area (TPSA) is 17.1 Å². The van der Waals surface area contributed by atoms with Crippen LogP contribution in [-0.4, -0.2) is 5.78 Å². The van der Waals surface area contributed by atoms with Crippen molar-refractivity contribution in [3.8, 4) is 0 Å². The monoisotopic (exact) mass is 406 g/mol. The standard InChI is InChI=1S/C29H42O/c1-2-3-4-5-6-7-8-9-10-11-12-19-24-29(30)28(27-22-17-14-18-23-27)25-26-20-15-13-16-21-26/h13-18,20-23,28H,2-12,19,24-25H2,1H3. The average molecular weight is 407 g/mol. The molecule has 0 saturated carbocycles. The van der Waals surface area contributed by atoms with Crippen molar-refractivity contribution in [2.45, 2.75) is 103 Å². The summed E-state index contributed by atoms with van der Waals surface area (Å²) in [5.41, 5.74) is 2.40. The van der Waals surface area contributed by atoms with Crippen molar-refractivity contribution < 1.29 is 4.79 Å². The van der Waals surface area contributed by atoms with E-state index < -0.39 is 0 Å². The van der Waals surface area contributed by atoms with Gasteiger partial charge in [0.05, 0.1) is 0 Å². The van der Waals surface area contributed by atoms with Crippen LogP contribution >= 0.6 is 0 Å². The van der Waals surface area contributed by atoms with Crippen LogP contribution in [0, 0.1) is 0 Å². The Morgan fingerprint density at radius 1 is 0.633 bits per heavy atom. The molecule has 0 aliphatic carbocycles. The highest BCUT2D eigenvalue weighted by Gasteiger charge is 2.20. The van der Waals surface area contributed by atoms with Crippen molar-refractivity contribution in [2.24, 2.45) is 0 Å². The summed E-state index contributed by atoms with van der Waals surface area (Å²) in [6.45, 7) is 2.28. The normalized spacial score (nSPS) is 12.0. The van der Waals surface area contributed by atoms with Gasteiger partial charge in [-0.3, -0.25) is 4.79 Å². The van der Waals surface area contributed by atoms with Crippen molar-refractivity contribution in [1.82, 2.24) is 0 Å². The first-order chi connectivity index (χ1) is 14.8. The molecule has 0 aromatic heterocycles. The molecule has 2 aromatic carbocycles. The molecule has 164 valence electrons. The molecular weight excluding hydrogens is 364 g/mol. The minimum atomic E-state index is -0.0127. The molecule has 1 atom stereocenters. The first-order valence-corrected chi connectivity index (χ1v) is 12.4. The number of benzene rings is 2. The second-order valence-corrected chi connectivity index (χ2v) is 8.76. The van der Waals surface area contributed by atoms with Gasteiger partial charge in [0.15, 0.2) is 0 Å². The van der Waals surface area contributed by atoms with E-state index in [4.69, 9.17) is 0 Å². The highest BCUT2D eigenvalue weighted by molar-refractivity contribution is 5.86. The van der Waals surface area contributed by atoms with Gasteiger partial charge < -0.3 is 0 Å². The lowest BCUT2D eigenvalue weighted by molar-refractivity contribution is -0.120. The number of Topliss-reactive ketones (excluding diaryl/α,β-unsaturated/α-hetero) is 1. The van der Waals surface area contributed by atoms with Gasteiger partial charge in [-0.2, -0.15) is 0 Å². The number of hydrogen-bond donors (Lipinski definition) is 0. The van der Waals surface area contributed by atoms with E-state index in [1.807, 2.05) is 24.3 Å². The van der Waals surface area contributed by atoms with E-state index in [0.29, 0.717) is 12.2 Å². The minimum absolute atomic E-state index is 0.0127.